The minimum absolute atomic E-state index is 0.0534. The molecule has 0 aromatic heterocycles. The third-order valence-corrected chi connectivity index (χ3v) is 5.93. The minimum Gasteiger partial charge on any atom is -0.484 e. The molecule has 30 heavy (non-hydrogen) atoms. The first kappa shape index (κ1) is 19.1. The highest BCUT2D eigenvalue weighted by Gasteiger charge is 2.54. The number of aliphatic hydroxyl groups excluding tert-OH is 4. The maximum Gasteiger partial charge on any atom is 0.255 e. The molecule has 1 saturated carbocycles. The Morgan fingerprint density at radius 3 is 2.50 bits per heavy atom. The molecule has 0 radical (unpaired) electrons. The third-order valence-electron chi connectivity index (χ3n) is 5.93. The van der Waals surface area contributed by atoms with E-state index in [0.29, 0.717) is 11.3 Å². The molecule has 1 aliphatic carbocycles. The monoisotopic (exact) mass is 415 g/mol. The van der Waals surface area contributed by atoms with E-state index >= 15 is 0 Å². The molecule has 2 heterocycles. The zero-order valence-electron chi connectivity index (χ0n) is 15.8. The summed E-state index contributed by atoms with van der Waals surface area (Å²) in [6.45, 7) is 0.114. The average Bonchev–Trinajstić information content (AvgIpc) is 3.23. The van der Waals surface area contributed by atoms with Crippen LogP contribution >= 0.6 is 0 Å². The van der Waals surface area contributed by atoms with Crippen molar-refractivity contribution in [2.24, 2.45) is 0 Å². The van der Waals surface area contributed by atoms with Crippen LogP contribution in [0.5, 0.6) is 17.2 Å². The average molecular weight is 415 g/mol. The van der Waals surface area contributed by atoms with Crippen LogP contribution in [0.15, 0.2) is 36.4 Å². The Hall–Kier alpha value is -2.85. The first-order valence-corrected chi connectivity index (χ1v) is 9.63. The normalized spacial score (nSPS) is 31.5. The van der Waals surface area contributed by atoms with Gasteiger partial charge in [-0.1, -0.05) is 30.3 Å². The fourth-order valence-corrected chi connectivity index (χ4v) is 4.43. The first-order valence-electron chi connectivity index (χ1n) is 9.63. The molecule has 2 aromatic rings. The molecule has 158 valence electrons. The second-order valence-corrected chi connectivity index (χ2v) is 7.67. The lowest BCUT2D eigenvalue weighted by Crippen LogP contribution is -2.66. The van der Waals surface area contributed by atoms with Crippen LogP contribution in [-0.2, 0) is 6.61 Å². The van der Waals surface area contributed by atoms with E-state index in [9.17, 15) is 25.2 Å². The Labute approximate surface area is 171 Å². The van der Waals surface area contributed by atoms with Gasteiger partial charge in [0.2, 0.25) is 12.5 Å². The van der Waals surface area contributed by atoms with Gasteiger partial charge in [0.15, 0.2) is 11.5 Å². The summed E-state index contributed by atoms with van der Waals surface area (Å²) in [7, 11) is 0. The Bertz CT molecular complexity index is 981. The van der Waals surface area contributed by atoms with Crippen LogP contribution in [0.2, 0.25) is 0 Å². The van der Waals surface area contributed by atoms with Gasteiger partial charge >= 0.3 is 0 Å². The maximum absolute atomic E-state index is 13.0. The number of benzene rings is 2. The second-order valence-electron chi connectivity index (χ2n) is 7.67. The van der Waals surface area contributed by atoms with E-state index < -0.39 is 42.3 Å². The van der Waals surface area contributed by atoms with Gasteiger partial charge < -0.3 is 40.0 Å². The molecule has 6 atom stereocenters. The molecule has 3 aliphatic rings. The molecular weight excluding hydrogens is 394 g/mol. The predicted molar refractivity (Wildman–Crippen MR) is 101 cm³/mol. The third kappa shape index (κ3) is 2.82. The van der Waals surface area contributed by atoms with Crippen molar-refractivity contribution in [1.82, 2.24) is 5.32 Å². The van der Waals surface area contributed by atoms with Crippen LogP contribution in [0.4, 0.5) is 0 Å². The molecule has 0 bridgehead atoms. The largest absolute Gasteiger partial charge is 0.484 e. The number of aliphatic hydroxyl groups is 4. The highest BCUT2D eigenvalue weighted by Crippen LogP contribution is 2.50. The standard InChI is InChI=1S/C21H21NO8/c23-15-12-10-6-11-19(30-8-29-11)20(28-7-9-4-2-1-3-5-9)13(10)21(27)22-14(12)16(24)18(26)17(15)25/h1-6,12,14-18,23-26H,7-8H2,(H,22,27)/t12-,14-,15-,16+,17+,18+/m1/s1. The summed E-state index contributed by atoms with van der Waals surface area (Å²) >= 11 is 0. The lowest BCUT2D eigenvalue weighted by molar-refractivity contribution is -0.155. The number of ether oxygens (including phenoxy) is 3. The van der Waals surface area contributed by atoms with Crippen molar-refractivity contribution in [3.63, 3.8) is 0 Å². The summed E-state index contributed by atoms with van der Waals surface area (Å²) in [6.07, 6.45) is -6.05. The SMILES string of the molecule is O=C1N[C@H]2[C@H](O)[C@H](O)[C@@H](O)[C@H](O)[C@@H]2c2cc3c(c(OCc4ccccc4)c21)OCO3. The van der Waals surface area contributed by atoms with Gasteiger partial charge in [-0.15, -0.1) is 0 Å². The summed E-state index contributed by atoms with van der Waals surface area (Å²) in [6, 6.07) is 9.94. The lowest BCUT2D eigenvalue weighted by atomic mass is 9.70. The highest BCUT2D eigenvalue weighted by atomic mass is 16.7. The molecule has 2 aromatic carbocycles. The number of rotatable bonds is 3. The number of hydrogen-bond donors (Lipinski definition) is 5. The fourth-order valence-electron chi connectivity index (χ4n) is 4.43. The zero-order chi connectivity index (χ0) is 21.0. The quantitative estimate of drug-likeness (QED) is 0.459. The second kappa shape index (κ2) is 7.13. The highest BCUT2D eigenvalue weighted by molar-refractivity contribution is 6.01. The molecule has 1 amide bonds. The van der Waals surface area contributed by atoms with Crippen LogP contribution < -0.4 is 19.5 Å². The lowest BCUT2D eigenvalue weighted by Gasteiger charge is -2.47. The summed E-state index contributed by atoms with van der Waals surface area (Å²) in [5.41, 5.74) is 1.38. The van der Waals surface area contributed by atoms with Crippen LogP contribution in [0, 0.1) is 0 Å². The summed E-state index contributed by atoms with van der Waals surface area (Å²) in [5.74, 6) is -0.624. The van der Waals surface area contributed by atoms with E-state index in [-0.39, 0.29) is 30.5 Å². The molecular formula is C21H21NO8. The topological polar surface area (TPSA) is 138 Å². The fraction of sp³-hybridized carbons (Fsp3) is 0.381. The molecule has 0 saturated heterocycles. The molecule has 5 N–H and O–H groups in total. The minimum atomic E-state index is -1.59. The number of carbonyl (C=O) groups is 1. The van der Waals surface area contributed by atoms with Crippen molar-refractivity contribution >= 4 is 5.91 Å². The van der Waals surface area contributed by atoms with Crippen LogP contribution in [0.25, 0.3) is 0 Å². The van der Waals surface area contributed by atoms with E-state index in [2.05, 4.69) is 5.32 Å². The van der Waals surface area contributed by atoms with Gasteiger partial charge in [-0.05, 0) is 17.2 Å². The van der Waals surface area contributed by atoms with E-state index in [1.165, 1.54) is 0 Å². The Morgan fingerprint density at radius 1 is 1.00 bits per heavy atom. The predicted octanol–water partition coefficient (Wildman–Crippen LogP) is -0.353. The summed E-state index contributed by atoms with van der Waals surface area (Å²) in [4.78, 5) is 13.0. The smallest absolute Gasteiger partial charge is 0.255 e. The number of fused-ring (bicyclic) bond motifs is 4. The molecule has 5 rings (SSSR count). The molecule has 1 fully saturated rings. The molecule has 9 heteroatoms. The van der Waals surface area contributed by atoms with Crippen molar-refractivity contribution in [2.75, 3.05) is 6.79 Å². The van der Waals surface area contributed by atoms with Gasteiger partial charge in [-0.25, -0.2) is 0 Å². The van der Waals surface area contributed by atoms with E-state index in [4.69, 9.17) is 14.2 Å². The maximum atomic E-state index is 13.0. The number of carbonyl (C=O) groups excluding carboxylic acids is 1. The van der Waals surface area contributed by atoms with Gasteiger partial charge in [-0.3, -0.25) is 4.79 Å². The van der Waals surface area contributed by atoms with Crippen molar-refractivity contribution < 1.29 is 39.4 Å². The zero-order valence-corrected chi connectivity index (χ0v) is 15.8. The first-order chi connectivity index (χ1) is 14.5. The van der Waals surface area contributed by atoms with Gasteiger partial charge in [0, 0.05) is 5.92 Å². The summed E-state index contributed by atoms with van der Waals surface area (Å²) < 4.78 is 17.0. The van der Waals surface area contributed by atoms with Crippen LogP contribution in [0.1, 0.15) is 27.4 Å². The van der Waals surface area contributed by atoms with E-state index in [1.807, 2.05) is 30.3 Å². The van der Waals surface area contributed by atoms with Crippen molar-refractivity contribution in [3.05, 3.63) is 53.1 Å². The van der Waals surface area contributed by atoms with Crippen molar-refractivity contribution in [2.45, 2.75) is 43.0 Å². The Balaban J connectivity index is 1.61. The van der Waals surface area contributed by atoms with Crippen molar-refractivity contribution in [1.29, 1.82) is 0 Å². The number of nitrogens with one attached hydrogen (secondary N) is 1. The summed E-state index contributed by atoms with van der Waals surface area (Å²) in [5, 5.41) is 43.9. The van der Waals surface area contributed by atoms with Gasteiger partial charge in [0.25, 0.3) is 5.91 Å². The van der Waals surface area contributed by atoms with Crippen LogP contribution in [-0.4, -0.2) is 63.6 Å². The molecule has 2 aliphatic heterocycles. The molecule has 0 spiro atoms. The van der Waals surface area contributed by atoms with Gasteiger partial charge in [0.05, 0.1) is 17.7 Å². The number of amides is 1. The van der Waals surface area contributed by atoms with E-state index in [1.54, 1.807) is 6.07 Å². The van der Waals surface area contributed by atoms with Crippen LogP contribution in [0.3, 0.4) is 0 Å². The Morgan fingerprint density at radius 2 is 1.73 bits per heavy atom. The Kier molecular flexibility index (Phi) is 4.55. The molecule has 9 nitrogen and oxygen atoms in total. The van der Waals surface area contributed by atoms with Gasteiger partial charge in [0.1, 0.15) is 24.9 Å². The number of hydrogen-bond acceptors (Lipinski definition) is 8. The molecule has 0 unspecified atom stereocenters. The van der Waals surface area contributed by atoms with Gasteiger partial charge in [-0.2, -0.15) is 0 Å². The van der Waals surface area contributed by atoms with E-state index in [0.717, 1.165) is 5.56 Å². The van der Waals surface area contributed by atoms with Crippen molar-refractivity contribution in [3.8, 4) is 17.2 Å².